The van der Waals surface area contributed by atoms with Gasteiger partial charge in [-0.3, -0.25) is 4.79 Å². The van der Waals surface area contributed by atoms with E-state index < -0.39 is 16.0 Å². The summed E-state index contributed by atoms with van der Waals surface area (Å²) in [6, 6.07) is 3.26. The fourth-order valence-electron chi connectivity index (χ4n) is 1.60. The molecule has 20 heavy (non-hydrogen) atoms. The van der Waals surface area contributed by atoms with Gasteiger partial charge in [0.15, 0.2) is 0 Å². The molecule has 0 aromatic carbocycles. The minimum absolute atomic E-state index is 0.0506. The summed E-state index contributed by atoms with van der Waals surface area (Å²) in [4.78, 5) is 11.2. The number of nitrogens with zero attached hydrogens (tertiary/aromatic N) is 1. The first kappa shape index (κ1) is 17.6. The van der Waals surface area contributed by atoms with E-state index in [0.29, 0.717) is 6.54 Å². The molecule has 0 amide bonds. The van der Waals surface area contributed by atoms with Gasteiger partial charge >= 0.3 is 5.97 Å². The molecule has 1 aromatic heterocycles. The van der Waals surface area contributed by atoms with Crippen LogP contribution in [0.2, 0.25) is 0 Å². The van der Waals surface area contributed by atoms with Gasteiger partial charge in [-0.15, -0.1) is 11.3 Å². The third kappa shape index (κ3) is 4.83. The van der Waals surface area contributed by atoms with Gasteiger partial charge in [-0.05, 0) is 34.0 Å². The third-order valence-corrected chi connectivity index (χ3v) is 6.46. The molecule has 0 atom stereocenters. The fourth-order valence-corrected chi connectivity index (χ4v) is 5.37. The minimum atomic E-state index is -3.57. The lowest BCUT2D eigenvalue weighted by atomic mass is 10.2. The van der Waals surface area contributed by atoms with E-state index in [1.54, 1.807) is 12.1 Å². The molecule has 1 aromatic rings. The van der Waals surface area contributed by atoms with E-state index in [9.17, 15) is 13.2 Å². The summed E-state index contributed by atoms with van der Waals surface area (Å²) >= 11 is 4.42. The Morgan fingerprint density at radius 2 is 2.10 bits per heavy atom. The van der Waals surface area contributed by atoms with Crippen LogP contribution in [-0.2, 0) is 19.6 Å². The van der Waals surface area contributed by atoms with Crippen LogP contribution >= 0.6 is 27.3 Å². The normalized spacial score (nSPS) is 12.1. The van der Waals surface area contributed by atoms with Crippen LogP contribution in [0.15, 0.2) is 20.1 Å². The number of rotatable bonds is 7. The first-order valence-corrected chi connectivity index (χ1v) is 9.14. The van der Waals surface area contributed by atoms with Gasteiger partial charge in [0.2, 0.25) is 0 Å². The van der Waals surface area contributed by atoms with Crippen LogP contribution in [0.3, 0.4) is 0 Å². The van der Waals surface area contributed by atoms with Gasteiger partial charge in [-0.2, -0.15) is 4.31 Å². The Bertz CT molecular complexity index is 554. The maximum atomic E-state index is 12.5. The van der Waals surface area contributed by atoms with E-state index >= 15 is 0 Å². The molecule has 1 rings (SSSR count). The second-order valence-corrected chi connectivity index (χ2v) is 9.27. The number of thiophene rings is 1. The quantitative estimate of drug-likeness (QED) is 0.679. The number of esters is 1. The highest BCUT2D eigenvalue weighted by atomic mass is 79.9. The molecule has 0 saturated heterocycles. The molecule has 114 valence electrons. The van der Waals surface area contributed by atoms with Gasteiger partial charge < -0.3 is 4.74 Å². The van der Waals surface area contributed by atoms with Crippen molar-refractivity contribution in [2.24, 2.45) is 5.92 Å². The average Bonchev–Trinajstić information content (AvgIpc) is 2.80. The molecule has 5 nitrogen and oxygen atoms in total. The summed E-state index contributed by atoms with van der Waals surface area (Å²) in [6.45, 7) is 4.37. The molecule has 0 N–H and O–H groups in total. The van der Waals surface area contributed by atoms with Crippen molar-refractivity contribution >= 4 is 43.3 Å². The molecule has 0 fully saturated rings. The SMILES string of the molecule is COC(=O)CCN(CC(C)C)S(=O)(=O)c1ccc(Br)s1. The second kappa shape index (κ2) is 7.53. The molecule has 0 saturated carbocycles. The standard InChI is InChI=1S/C12H18BrNO4S2/c1-9(2)8-14(7-6-11(15)18-3)20(16,17)12-5-4-10(13)19-12/h4-5,9H,6-8H2,1-3H3. The topological polar surface area (TPSA) is 63.7 Å². The van der Waals surface area contributed by atoms with Gasteiger partial charge in [0.05, 0.1) is 17.3 Å². The van der Waals surface area contributed by atoms with Crippen molar-refractivity contribution in [2.75, 3.05) is 20.2 Å². The highest BCUT2D eigenvalue weighted by molar-refractivity contribution is 9.11. The van der Waals surface area contributed by atoms with E-state index in [0.717, 1.165) is 15.1 Å². The van der Waals surface area contributed by atoms with Gasteiger partial charge in [-0.25, -0.2) is 8.42 Å². The lowest BCUT2D eigenvalue weighted by molar-refractivity contribution is -0.140. The maximum absolute atomic E-state index is 12.5. The molecule has 0 spiro atoms. The van der Waals surface area contributed by atoms with Crippen LogP contribution in [0.1, 0.15) is 20.3 Å². The number of ether oxygens (including phenoxy) is 1. The number of hydrogen-bond donors (Lipinski definition) is 0. The van der Waals surface area contributed by atoms with Crippen LogP contribution in [0.5, 0.6) is 0 Å². The largest absolute Gasteiger partial charge is 0.469 e. The number of methoxy groups -OCH3 is 1. The van der Waals surface area contributed by atoms with E-state index in [1.807, 2.05) is 13.8 Å². The Balaban J connectivity index is 2.94. The Kier molecular flexibility index (Phi) is 6.63. The Labute approximate surface area is 132 Å². The number of carbonyl (C=O) groups is 1. The van der Waals surface area contributed by atoms with Crippen LogP contribution in [0.25, 0.3) is 0 Å². The van der Waals surface area contributed by atoms with E-state index in [2.05, 4.69) is 20.7 Å². The predicted octanol–water partition coefficient (Wildman–Crippen LogP) is 2.72. The zero-order valence-corrected chi connectivity index (χ0v) is 14.8. The monoisotopic (exact) mass is 383 g/mol. The number of halogens is 1. The summed E-state index contributed by atoms with van der Waals surface area (Å²) in [5.74, 6) is -0.243. The van der Waals surface area contributed by atoms with Crippen LogP contribution < -0.4 is 0 Å². The molecule has 0 unspecified atom stereocenters. The molecule has 1 heterocycles. The molecule has 0 aliphatic rings. The highest BCUT2D eigenvalue weighted by Crippen LogP contribution is 2.28. The maximum Gasteiger partial charge on any atom is 0.306 e. The van der Waals surface area contributed by atoms with Gasteiger partial charge in [0, 0.05) is 13.1 Å². The Morgan fingerprint density at radius 3 is 2.55 bits per heavy atom. The van der Waals surface area contributed by atoms with Crippen molar-refractivity contribution in [3.05, 3.63) is 15.9 Å². The molecule has 0 aliphatic heterocycles. The molecule has 8 heteroatoms. The van der Waals surface area contributed by atoms with Gasteiger partial charge in [0.25, 0.3) is 10.0 Å². The molecule has 0 radical (unpaired) electrons. The average molecular weight is 384 g/mol. The van der Waals surface area contributed by atoms with E-state index in [1.165, 1.54) is 11.4 Å². The number of sulfonamides is 1. The Hall–Kier alpha value is -0.440. The number of hydrogen-bond acceptors (Lipinski definition) is 5. The molecule has 0 bridgehead atoms. The van der Waals surface area contributed by atoms with Crippen LogP contribution in [0, 0.1) is 5.92 Å². The fraction of sp³-hybridized carbons (Fsp3) is 0.583. The minimum Gasteiger partial charge on any atom is -0.469 e. The molecular weight excluding hydrogens is 366 g/mol. The van der Waals surface area contributed by atoms with Crippen LogP contribution in [-0.4, -0.2) is 38.9 Å². The predicted molar refractivity (Wildman–Crippen MR) is 82.2 cm³/mol. The number of carbonyl (C=O) groups excluding carboxylic acids is 1. The zero-order chi connectivity index (χ0) is 15.3. The van der Waals surface area contributed by atoms with Crippen molar-refractivity contribution in [2.45, 2.75) is 24.5 Å². The first-order chi connectivity index (χ1) is 9.27. The van der Waals surface area contributed by atoms with Crippen LogP contribution in [0.4, 0.5) is 0 Å². The van der Waals surface area contributed by atoms with Crippen molar-refractivity contribution in [1.29, 1.82) is 0 Å². The molecule has 0 aliphatic carbocycles. The summed E-state index contributed by atoms with van der Waals surface area (Å²) in [5.41, 5.74) is 0. The van der Waals surface area contributed by atoms with Gasteiger partial charge in [0.1, 0.15) is 4.21 Å². The van der Waals surface area contributed by atoms with Crippen molar-refractivity contribution in [1.82, 2.24) is 4.31 Å². The summed E-state index contributed by atoms with van der Waals surface area (Å²) in [6.07, 6.45) is 0.0506. The Morgan fingerprint density at radius 1 is 1.45 bits per heavy atom. The summed E-state index contributed by atoms with van der Waals surface area (Å²) in [7, 11) is -2.27. The van der Waals surface area contributed by atoms with E-state index in [-0.39, 0.29) is 23.1 Å². The lowest BCUT2D eigenvalue weighted by Gasteiger charge is -2.22. The smallest absolute Gasteiger partial charge is 0.306 e. The zero-order valence-electron chi connectivity index (χ0n) is 11.6. The second-order valence-electron chi connectivity index (χ2n) is 4.64. The first-order valence-electron chi connectivity index (χ1n) is 6.09. The van der Waals surface area contributed by atoms with Crippen molar-refractivity contribution in [3.8, 4) is 0 Å². The summed E-state index contributed by atoms with van der Waals surface area (Å²) < 4.78 is 32.0. The lowest BCUT2D eigenvalue weighted by Crippen LogP contribution is -2.35. The summed E-state index contributed by atoms with van der Waals surface area (Å²) in [5, 5.41) is 0. The van der Waals surface area contributed by atoms with Gasteiger partial charge in [-0.1, -0.05) is 13.8 Å². The van der Waals surface area contributed by atoms with E-state index in [4.69, 9.17) is 0 Å². The van der Waals surface area contributed by atoms with Crippen molar-refractivity contribution < 1.29 is 17.9 Å². The molecular formula is C12H18BrNO4S2. The van der Waals surface area contributed by atoms with Crippen molar-refractivity contribution in [3.63, 3.8) is 0 Å². The highest BCUT2D eigenvalue weighted by Gasteiger charge is 2.27. The third-order valence-electron chi connectivity index (χ3n) is 2.50.